The number of carbonyl (C=O) groups is 2. The quantitative estimate of drug-likeness (QED) is 0.552. The van der Waals surface area contributed by atoms with Crippen molar-refractivity contribution in [1.82, 2.24) is 5.48 Å². The number of hydrogen-bond donors (Lipinski definition) is 1. The summed E-state index contributed by atoms with van der Waals surface area (Å²) in [5, 5.41) is 0. The smallest absolute Gasteiger partial charge is 0.431 e. The van der Waals surface area contributed by atoms with Gasteiger partial charge in [-0.05, 0) is 20.8 Å². The molecule has 0 aromatic carbocycles. The molecule has 0 saturated carbocycles. The molecule has 0 spiro atoms. The molecule has 0 radical (unpaired) electrons. The van der Waals surface area contributed by atoms with E-state index in [9.17, 15) is 9.59 Å². The van der Waals surface area contributed by atoms with Gasteiger partial charge in [0.15, 0.2) is 0 Å². The first-order valence-corrected chi connectivity index (χ1v) is 4.41. The average molecular weight is 203 g/mol. The van der Waals surface area contributed by atoms with Crippen molar-refractivity contribution < 1.29 is 19.2 Å². The van der Waals surface area contributed by atoms with Crippen molar-refractivity contribution in [1.29, 1.82) is 0 Å². The number of carbonyl (C=O) groups excluding carboxylic acids is 2. The van der Waals surface area contributed by atoms with Gasteiger partial charge in [0.25, 0.3) is 0 Å². The zero-order valence-corrected chi connectivity index (χ0v) is 8.99. The summed E-state index contributed by atoms with van der Waals surface area (Å²) in [5.74, 6) is -0.245. The molecule has 1 N–H and O–H groups in total. The molecule has 0 aliphatic rings. The lowest BCUT2D eigenvalue weighted by Gasteiger charge is -2.19. The molecule has 1 atom stereocenters. The summed E-state index contributed by atoms with van der Waals surface area (Å²) in [7, 11) is 0. The molecule has 0 heterocycles. The van der Waals surface area contributed by atoms with E-state index in [2.05, 4.69) is 5.48 Å². The van der Waals surface area contributed by atoms with Gasteiger partial charge in [0.1, 0.15) is 11.9 Å². The van der Waals surface area contributed by atoms with E-state index in [4.69, 9.17) is 9.57 Å². The first-order chi connectivity index (χ1) is 6.35. The Balaban J connectivity index is 3.60. The number of hydrogen-bond acceptors (Lipinski definition) is 4. The fourth-order valence-corrected chi connectivity index (χ4v) is 0.570. The maximum atomic E-state index is 11.0. The largest absolute Gasteiger partial charge is 0.442 e. The first-order valence-electron chi connectivity index (χ1n) is 4.41. The van der Waals surface area contributed by atoms with Crippen molar-refractivity contribution in [2.45, 2.75) is 33.3 Å². The standard InChI is InChI=1S/C9H17NO4/c1-7(5-11)6-13-10-8(12)14-9(2,3)4/h5,7H,6H2,1-4H3,(H,10,12). The Morgan fingerprint density at radius 2 is 2.07 bits per heavy atom. The highest BCUT2D eigenvalue weighted by Crippen LogP contribution is 2.06. The summed E-state index contributed by atoms with van der Waals surface area (Å²) in [6.45, 7) is 7.08. The van der Waals surface area contributed by atoms with Crippen molar-refractivity contribution in [3.63, 3.8) is 0 Å². The van der Waals surface area contributed by atoms with E-state index >= 15 is 0 Å². The minimum atomic E-state index is -0.657. The molecule has 0 aromatic rings. The summed E-state index contributed by atoms with van der Waals surface area (Å²) in [4.78, 5) is 25.9. The van der Waals surface area contributed by atoms with Gasteiger partial charge in [0.05, 0.1) is 6.61 Å². The van der Waals surface area contributed by atoms with Crippen molar-refractivity contribution in [2.24, 2.45) is 5.92 Å². The normalized spacial score (nSPS) is 13.1. The van der Waals surface area contributed by atoms with Crippen molar-refractivity contribution in [3.8, 4) is 0 Å². The highest BCUT2D eigenvalue weighted by atomic mass is 16.7. The van der Waals surface area contributed by atoms with Crippen LogP contribution in [0.2, 0.25) is 0 Å². The second-order valence-electron chi connectivity index (χ2n) is 4.03. The van der Waals surface area contributed by atoms with Gasteiger partial charge in [-0.25, -0.2) is 4.79 Å². The zero-order valence-electron chi connectivity index (χ0n) is 8.99. The molecule has 0 aliphatic carbocycles. The summed E-state index contributed by atoms with van der Waals surface area (Å²) >= 11 is 0. The van der Waals surface area contributed by atoms with E-state index in [0.29, 0.717) is 0 Å². The molecule has 0 rings (SSSR count). The van der Waals surface area contributed by atoms with Gasteiger partial charge in [-0.2, -0.15) is 5.48 Å². The Morgan fingerprint density at radius 3 is 2.50 bits per heavy atom. The molecular formula is C9H17NO4. The Hall–Kier alpha value is -1.10. The van der Waals surface area contributed by atoms with E-state index in [0.717, 1.165) is 6.29 Å². The molecule has 14 heavy (non-hydrogen) atoms. The number of hydroxylamine groups is 1. The van der Waals surface area contributed by atoms with Crippen LogP contribution in [0.15, 0.2) is 0 Å². The number of rotatable bonds is 4. The highest BCUT2D eigenvalue weighted by molar-refractivity contribution is 5.66. The molecule has 0 fully saturated rings. The van der Waals surface area contributed by atoms with E-state index < -0.39 is 11.7 Å². The molecule has 1 amide bonds. The predicted molar refractivity (Wildman–Crippen MR) is 50.5 cm³/mol. The topological polar surface area (TPSA) is 64.6 Å². The Morgan fingerprint density at radius 1 is 1.50 bits per heavy atom. The van der Waals surface area contributed by atoms with Crippen LogP contribution in [0, 0.1) is 5.92 Å². The van der Waals surface area contributed by atoms with Gasteiger partial charge < -0.3 is 9.53 Å². The highest BCUT2D eigenvalue weighted by Gasteiger charge is 2.16. The molecule has 1 unspecified atom stereocenters. The number of nitrogens with one attached hydrogen (secondary N) is 1. The monoisotopic (exact) mass is 203 g/mol. The van der Waals surface area contributed by atoms with Gasteiger partial charge in [0.2, 0.25) is 0 Å². The van der Waals surface area contributed by atoms with Crippen LogP contribution >= 0.6 is 0 Å². The molecule has 5 nitrogen and oxygen atoms in total. The fourth-order valence-electron chi connectivity index (χ4n) is 0.570. The molecular weight excluding hydrogens is 186 g/mol. The molecule has 0 bridgehead atoms. The van der Waals surface area contributed by atoms with Crippen molar-refractivity contribution in [2.75, 3.05) is 6.61 Å². The lowest BCUT2D eigenvalue weighted by Crippen LogP contribution is -2.33. The van der Waals surface area contributed by atoms with Gasteiger partial charge in [-0.15, -0.1) is 0 Å². The van der Waals surface area contributed by atoms with Crippen LogP contribution in [0.3, 0.4) is 0 Å². The molecule has 0 aromatic heterocycles. The second-order valence-corrected chi connectivity index (χ2v) is 4.03. The summed E-state index contributed by atoms with van der Waals surface area (Å²) < 4.78 is 4.89. The first kappa shape index (κ1) is 12.9. The second kappa shape index (κ2) is 5.59. The van der Waals surface area contributed by atoms with Crippen molar-refractivity contribution >= 4 is 12.4 Å². The van der Waals surface area contributed by atoms with Crippen LogP contribution in [0.5, 0.6) is 0 Å². The summed E-state index contributed by atoms with van der Waals surface area (Å²) in [5.41, 5.74) is 1.53. The van der Waals surface area contributed by atoms with E-state index in [1.54, 1.807) is 27.7 Å². The van der Waals surface area contributed by atoms with Gasteiger partial charge >= 0.3 is 6.09 Å². The van der Waals surface area contributed by atoms with Crippen LogP contribution in [-0.4, -0.2) is 24.6 Å². The third-order valence-electron chi connectivity index (χ3n) is 1.13. The molecule has 0 aliphatic heterocycles. The third-order valence-corrected chi connectivity index (χ3v) is 1.13. The predicted octanol–water partition coefficient (Wildman–Crippen LogP) is 1.28. The zero-order chi connectivity index (χ0) is 11.2. The maximum absolute atomic E-state index is 11.0. The molecule has 82 valence electrons. The van der Waals surface area contributed by atoms with E-state index in [1.165, 1.54) is 0 Å². The Bertz CT molecular complexity index is 197. The minimum absolute atomic E-state index is 0.142. The van der Waals surface area contributed by atoms with Crippen LogP contribution in [0.25, 0.3) is 0 Å². The van der Waals surface area contributed by atoms with Gasteiger partial charge in [-0.3, -0.25) is 4.84 Å². The SMILES string of the molecule is CC(C=O)CONC(=O)OC(C)(C)C. The minimum Gasteiger partial charge on any atom is -0.442 e. The van der Waals surface area contributed by atoms with Crippen LogP contribution in [0.1, 0.15) is 27.7 Å². The third kappa shape index (κ3) is 7.54. The Labute approximate surface area is 83.7 Å². The lowest BCUT2D eigenvalue weighted by molar-refractivity contribution is -0.113. The van der Waals surface area contributed by atoms with Crippen LogP contribution < -0.4 is 5.48 Å². The summed E-state index contributed by atoms with van der Waals surface area (Å²) in [6, 6.07) is 0. The lowest BCUT2D eigenvalue weighted by atomic mass is 10.2. The average Bonchev–Trinajstić information content (AvgIpc) is 2.00. The van der Waals surface area contributed by atoms with E-state index in [-0.39, 0.29) is 12.5 Å². The van der Waals surface area contributed by atoms with Crippen molar-refractivity contribution in [3.05, 3.63) is 0 Å². The number of amides is 1. The van der Waals surface area contributed by atoms with Gasteiger partial charge in [-0.1, -0.05) is 6.92 Å². The number of aldehydes is 1. The Kier molecular flexibility index (Phi) is 5.15. The van der Waals surface area contributed by atoms with Crippen LogP contribution in [-0.2, 0) is 14.4 Å². The number of ether oxygens (including phenoxy) is 1. The molecule has 5 heteroatoms. The van der Waals surface area contributed by atoms with Crippen LogP contribution in [0.4, 0.5) is 4.79 Å². The summed E-state index contributed by atoms with van der Waals surface area (Å²) in [6.07, 6.45) is 0.0899. The van der Waals surface area contributed by atoms with E-state index in [1.807, 2.05) is 0 Å². The fraction of sp³-hybridized carbons (Fsp3) is 0.778. The van der Waals surface area contributed by atoms with Gasteiger partial charge in [0, 0.05) is 5.92 Å². The maximum Gasteiger partial charge on any atom is 0.431 e. The molecule has 0 saturated heterocycles.